The van der Waals surface area contributed by atoms with E-state index in [9.17, 15) is 0 Å². The molecule has 0 aromatic carbocycles. The third-order valence-corrected chi connectivity index (χ3v) is 2.95. The zero-order valence-electron chi connectivity index (χ0n) is 8.52. The minimum Gasteiger partial charge on any atom is -0.316 e. The van der Waals surface area contributed by atoms with Crippen LogP contribution >= 0.6 is 11.6 Å². The standard InChI is InChI=1S/C10H19ClN2/c1-9(6-11)7-13-5-3-4-10(8-13)12-2/h6,10,12H,3-5,7-8H2,1-2H3. The van der Waals surface area contributed by atoms with Crippen LogP contribution in [-0.2, 0) is 0 Å². The first-order chi connectivity index (χ1) is 6.26. The van der Waals surface area contributed by atoms with Crippen LogP contribution in [0, 0.1) is 0 Å². The second kappa shape index (κ2) is 5.63. The van der Waals surface area contributed by atoms with Crippen LogP contribution in [0.15, 0.2) is 11.1 Å². The Morgan fingerprint density at radius 2 is 2.46 bits per heavy atom. The number of hydrogen-bond donors (Lipinski definition) is 1. The number of halogens is 1. The summed E-state index contributed by atoms with van der Waals surface area (Å²) in [7, 11) is 2.04. The zero-order chi connectivity index (χ0) is 9.68. The molecular weight excluding hydrogens is 184 g/mol. The molecule has 0 aromatic rings. The Balaban J connectivity index is 2.34. The monoisotopic (exact) mass is 202 g/mol. The molecule has 1 fully saturated rings. The second-order valence-electron chi connectivity index (χ2n) is 3.82. The Morgan fingerprint density at radius 3 is 3.08 bits per heavy atom. The van der Waals surface area contributed by atoms with Gasteiger partial charge in [-0.05, 0) is 38.9 Å². The predicted octanol–water partition coefficient (Wildman–Crippen LogP) is 1.81. The maximum Gasteiger partial charge on any atom is 0.0202 e. The van der Waals surface area contributed by atoms with Crippen LogP contribution in [0.2, 0.25) is 0 Å². The summed E-state index contributed by atoms with van der Waals surface area (Å²) in [4.78, 5) is 2.46. The van der Waals surface area contributed by atoms with E-state index in [1.54, 1.807) is 5.54 Å². The van der Waals surface area contributed by atoms with Gasteiger partial charge >= 0.3 is 0 Å². The lowest BCUT2D eigenvalue weighted by Crippen LogP contribution is -2.44. The van der Waals surface area contributed by atoms with Crippen molar-refractivity contribution in [2.45, 2.75) is 25.8 Å². The van der Waals surface area contributed by atoms with Crippen molar-refractivity contribution in [3.05, 3.63) is 11.1 Å². The average Bonchev–Trinajstić information content (AvgIpc) is 2.18. The molecule has 1 heterocycles. The van der Waals surface area contributed by atoms with Crippen molar-refractivity contribution in [2.75, 3.05) is 26.7 Å². The lowest BCUT2D eigenvalue weighted by molar-refractivity contribution is 0.209. The zero-order valence-corrected chi connectivity index (χ0v) is 9.27. The van der Waals surface area contributed by atoms with Crippen molar-refractivity contribution in [1.82, 2.24) is 10.2 Å². The molecule has 0 aliphatic carbocycles. The normalized spacial score (nSPS) is 26.4. The van der Waals surface area contributed by atoms with Crippen molar-refractivity contribution < 1.29 is 0 Å². The molecule has 1 saturated heterocycles. The summed E-state index contributed by atoms with van der Waals surface area (Å²) in [6, 6.07) is 0.664. The number of nitrogens with zero attached hydrogens (tertiary/aromatic N) is 1. The summed E-state index contributed by atoms with van der Waals surface area (Å²) >= 11 is 5.64. The van der Waals surface area contributed by atoms with E-state index in [-0.39, 0.29) is 0 Å². The van der Waals surface area contributed by atoms with Gasteiger partial charge in [0.15, 0.2) is 0 Å². The number of piperidine rings is 1. The van der Waals surface area contributed by atoms with Crippen molar-refractivity contribution >= 4 is 11.6 Å². The van der Waals surface area contributed by atoms with Gasteiger partial charge in [-0.3, -0.25) is 4.90 Å². The van der Waals surface area contributed by atoms with E-state index >= 15 is 0 Å². The number of likely N-dealkylation sites (tertiary alicyclic amines) is 1. The average molecular weight is 203 g/mol. The molecule has 13 heavy (non-hydrogen) atoms. The highest BCUT2D eigenvalue weighted by Gasteiger charge is 2.17. The molecule has 1 aliphatic rings. The quantitative estimate of drug-likeness (QED) is 0.751. The molecule has 0 bridgehead atoms. The fourth-order valence-corrected chi connectivity index (χ4v) is 1.89. The lowest BCUT2D eigenvalue weighted by Gasteiger charge is -2.32. The fourth-order valence-electron chi connectivity index (χ4n) is 1.82. The van der Waals surface area contributed by atoms with Crippen LogP contribution in [0.3, 0.4) is 0 Å². The van der Waals surface area contributed by atoms with Gasteiger partial charge in [-0.25, -0.2) is 0 Å². The number of hydrogen-bond acceptors (Lipinski definition) is 2. The molecule has 1 rings (SSSR count). The van der Waals surface area contributed by atoms with E-state index in [1.165, 1.54) is 25.0 Å². The van der Waals surface area contributed by atoms with Gasteiger partial charge in [-0.15, -0.1) is 0 Å². The smallest absolute Gasteiger partial charge is 0.0202 e. The third-order valence-electron chi connectivity index (χ3n) is 2.57. The van der Waals surface area contributed by atoms with E-state index in [0.717, 1.165) is 13.1 Å². The molecule has 2 nitrogen and oxygen atoms in total. The van der Waals surface area contributed by atoms with Crippen molar-refractivity contribution in [3.63, 3.8) is 0 Å². The summed E-state index contributed by atoms with van der Waals surface area (Å²) in [5.74, 6) is 0. The van der Waals surface area contributed by atoms with E-state index in [0.29, 0.717) is 6.04 Å². The van der Waals surface area contributed by atoms with Gasteiger partial charge in [0.2, 0.25) is 0 Å². The maximum atomic E-state index is 5.64. The molecule has 0 aromatic heterocycles. The van der Waals surface area contributed by atoms with Crippen molar-refractivity contribution in [3.8, 4) is 0 Å². The first-order valence-electron chi connectivity index (χ1n) is 4.91. The fraction of sp³-hybridized carbons (Fsp3) is 0.800. The topological polar surface area (TPSA) is 15.3 Å². The second-order valence-corrected chi connectivity index (χ2v) is 4.04. The van der Waals surface area contributed by atoms with Gasteiger partial charge in [-0.2, -0.15) is 0 Å². The molecule has 1 aliphatic heterocycles. The molecular formula is C10H19ClN2. The largest absolute Gasteiger partial charge is 0.316 e. The van der Waals surface area contributed by atoms with Gasteiger partial charge in [0, 0.05) is 24.7 Å². The van der Waals surface area contributed by atoms with E-state index in [4.69, 9.17) is 11.6 Å². The summed E-state index contributed by atoms with van der Waals surface area (Å²) in [5, 5.41) is 3.33. The Bertz CT molecular complexity index is 180. The Hall–Kier alpha value is -0.0500. The van der Waals surface area contributed by atoms with Crippen LogP contribution in [0.25, 0.3) is 0 Å². The molecule has 0 radical (unpaired) electrons. The SMILES string of the molecule is CNC1CCCN(CC(C)=CCl)C1. The van der Waals surface area contributed by atoms with Gasteiger partial charge in [0.25, 0.3) is 0 Å². The van der Waals surface area contributed by atoms with E-state index in [2.05, 4.69) is 17.1 Å². The first kappa shape index (κ1) is 11.0. The van der Waals surface area contributed by atoms with Crippen LogP contribution in [0.4, 0.5) is 0 Å². The van der Waals surface area contributed by atoms with Crippen LogP contribution in [-0.4, -0.2) is 37.6 Å². The summed E-state index contributed by atoms with van der Waals surface area (Å²) in [6.07, 6.45) is 2.59. The number of nitrogens with one attached hydrogen (secondary N) is 1. The molecule has 0 amide bonds. The highest BCUT2D eigenvalue weighted by atomic mass is 35.5. The van der Waals surface area contributed by atoms with Gasteiger partial charge in [0.05, 0.1) is 0 Å². The lowest BCUT2D eigenvalue weighted by atomic mass is 10.1. The summed E-state index contributed by atoms with van der Waals surface area (Å²) < 4.78 is 0. The third kappa shape index (κ3) is 3.67. The van der Waals surface area contributed by atoms with Crippen molar-refractivity contribution in [1.29, 1.82) is 0 Å². The molecule has 0 spiro atoms. The maximum absolute atomic E-state index is 5.64. The molecule has 0 saturated carbocycles. The van der Waals surface area contributed by atoms with Crippen molar-refractivity contribution in [2.24, 2.45) is 0 Å². The summed E-state index contributed by atoms with van der Waals surface area (Å²) in [5.41, 5.74) is 2.93. The molecule has 1 atom stereocenters. The minimum atomic E-state index is 0.664. The van der Waals surface area contributed by atoms with Gasteiger partial charge in [0.1, 0.15) is 0 Å². The Labute approximate surface area is 85.9 Å². The van der Waals surface area contributed by atoms with Crippen LogP contribution in [0.5, 0.6) is 0 Å². The molecule has 1 N–H and O–H groups in total. The van der Waals surface area contributed by atoms with Crippen LogP contribution < -0.4 is 5.32 Å². The Kier molecular flexibility index (Phi) is 4.78. The van der Waals surface area contributed by atoms with E-state index < -0.39 is 0 Å². The predicted molar refractivity (Wildman–Crippen MR) is 58.1 cm³/mol. The van der Waals surface area contributed by atoms with E-state index in [1.807, 2.05) is 7.05 Å². The molecule has 76 valence electrons. The summed E-state index contributed by atoms with van der Waals surface area (Å²) in [6.45, 7) is 5.45. The van der Waals surface area contributed by atoms with Gasteiger partial charge < -0.3 is 5.32 Å². The molecule has 1 unspecified atom stereocenters. The first-order valence-corrected chi connectivity index (χ1v) is 5.35. The highest BCUT2D eigenvalue weighted by molar-refractivity contribution is 6.25. The highest BCUT2D eigenvalue weighted by Crippen LogP contribution is 2.11. The Morgan fingerprint density at radius 1 is 1.69 bits per heavy atom. The molecule has 3 heteroatoms. The minimum absolute atomic E-state index is 0.664. The number of rotatable bonds is 3. The van der Waals surface area contributed by atoms with Gasteiger partial charge in [-0.1, -0.05) is 11.6 Å². The number of likely N-dealkylation sites (N-methyl/N-ethyl adjacent to an activating group) is 1. The van der Waals surface area contributed by atoms with Crippen LogP contribution in [0.1, 0.15) is 19.8 Å².